The zero-order valence-electron chi connectivity index (χ0n) is 26.0. The zero-order valence-corrected chi connectivity index (χ0v) is 26.9. The minimum atomic E-state index is -1.02. The molecule has 0 bridgehead atoms. The lowest BCUT2D eigenvalue weighted by atomic mass is 9.85. The van der Waals surface area contributed by atoms with E-state index in [1.165, 1.54) is 11.0 Å². The number of thiol groups is 1. The number of primary amides is 1. The maximum Gasteiger partial charge on any atom is 0.315 e. The first-order chi connectivity index (χ1) is 19.1. The number of hydrogen-bond donors (Lipinski definition) is 6. The minimum Gasteiger partial charge on any atom is -0.368 e. The molecule has 0 aliphatic carbocycles. The van der Waals surface area contributed by atoms with Crippen LogP contribution in [0.1, 0.15) is 74.1 Å². The highest BCUT2D eigenvalue weighted by atomic mass is 32.1. The zero-order chi connectivity index (χ0) is 32.3. The maximum absolute atomic E-state index is 13.4. The van der Waals surface area contributed by atoms with E-state index in [4.69, 9.17) is 5.73 Å². The monoisotopic (exact) mass is 600 g/mol. The molecule has 1 aliphatic heterocycles. The van der Waals surface area contributed by atoms with Crippen LogP contribution in [-0.2, 0) is 24.0 Å². The number of urea groups is 1. The Morgan fingerprint density at radius 2 is 1.61 bits per heavy atom. The highest BCUT2D eigenvalue weighted by Gasteiger charge is 2.42. The van der Waals surface area contributed by atoms with Gasteiger partial charge in [-0.05, 0) is 36.9 Å². The van der Waals surface area contributed by atoms with Gasteiger partial charge in [0.25, 0.3) is 5.91 Å². The van der Waals surface area contributed by atoms with Gasteiger partial charge in [-0.15, -0.1) is 6.58 Å². The van der Waals surface area contributed by atoms with E-state index in [1.807, 2.05) is 6.92 Å². The lowest BCUT2D eigenvalue weighted by Gasteiger charge is -2.35. The Morgan fingerprint density at radius 3 is 2.07 bits per heavy atom. The maximum atomic E-state index is 13.4. The highest BCUT2D eigenvalue weighted by Crippen LogP contribution is 2.26. The summed E-state index contributed by atoms with van der Waals surface area (Å²) >= 11 is 3.53. The summed E-state index contributed by atoms with van der Waals surface area (Å²) in [4.78, 5) is 75.7. The van der Waals surface area contributed by atoms with Crippen LogP contribution >= 0.6 is 12.6 Å². The molecule has 0 aromatic carbocycles. The number of Topliss-reactive ketones (excluding diaryl/α,β-unsaturated/α-hetero) is 1. The minimum absolute atomic E-state index is 0.122. The molecule has 1 rings (SSSR count). The summed E-state index contributed by atoms with van der Waals surface area (Å²) in [6.07, 6.45) is 4.88. The van der Waals surface area contributed by atoms with Gasteiger partial charge in [0.2, 0.25) is 23.5 Å². The second-order valence-corrected chi connectivity index (χ2v) is 11.2. The van der Waals surface area contributed by atoms with E-state index in [2.05, 4.69) is 61.2 Å². The summed E-state index contributed by atoms with van der Waals surface area (Å²) in [7, 11) is 0. The van der Waals surface area contributed by atoms with Crippen molar-refractivity contribution in [1.82, 2.24) is 26.2 Å². The summed E-state index contributed by atoms with van der Waals surface area (Å²) in [5.74, 6) is -2.49. The first-order valence-electron chi connectivity index (χ1n) is 13.9. The third kappa shape index (κ3) is 16.1. The topological polar surface area (TPSA) is 180 Å². The summed E-state index contributed by atoms with van der Waals surface area (Å²) in [6, 6.07) is -3.62. The molecule has 1 saturated heterocycles. The first kappa shape index (κ1) is 40.1. The SMILES string of the molecule is C=CCNC(=O)C(=O)C(CCC)NC(=O)C1CCCN1C(=O)C(NC(=O)NCC(N)=O)C(C)(C)C.CC(C)C.CS. The Morgan fingerprint density at radius 1 is 1.05 bits per heavy atom. The van der Waals surface area contributed by atoms with E-state index in [-0.39, 0.29) is 13.0 Å². The van der Waals surface area contributed by atoms with Crippen molar-refractivity contribution in [3.05, 3.63) is 12.7 Å². The normalized spacial score (nSPS) is 15.6. The predicted octanol–water partition coefficient (Wildman–Crippen LogP) is 1.54. The largest absolute Gasteiger partial charge is 0.368 e. The molecule has 6 N–H and O–H groups in total. The van der Waals surface area contributed by atoms with Crippen molar-refractivity contribution < 1.29 is 28.8 Å². The average Bonchev–Trinajstić information content (AvgIpc) is 3.38. The third-order valence-corrected chi connectivity index (χ3v) is 5.49. The van der Waals surface area contributed by atoms with Crippen molar-refractivity contribution in [2.75, 3.05) is 25.9 Å². The van der Waals surface area contributed by atoms with Gasteiger partial charge in [0.1, 0.15) is 12.1 Å². The van der Waals surface area contributed by atoms with E-state index in [0.29, 0.717) is 25.8 Å². The van der Waals surface area contributed by atoms with Gasteiger partial charge in [-0.2, -0.15) is 12.6 Å². The standard InChI is InChI=1S/C23H38N6O6.C4H10.CH4S/c1-6-9-14(17(31)20(33)25-11-7-2)27-19(32)15-10-8-12-29(15)21(34)18(23(3,4)5)28-22(35)26-13-16(24)30;1-4(2)3;1-2/h7,14-15,18H,2,6,8-13H2,1,3-5H3,(H2,24,30)(H,25,33)(H,27,32)(H2,26,28,35);4H,1-3H3;2H,1H3. The van der Waals surface area contributed by atoms with Gasteiger partial charge < -0.3 is 31.9 Å². The molecule has 41 heavy (non-hydrogen) atoms. The van der Waals surface area contributed by atoms with Gasteiger partial charge in [0, 0.05) is 13.1 Å². The van der Waals surface area contributed by atoms with Crippen molar-refractivity contribution >= 4 is 48.1 Å². The molecule has 0 radical (unpaired) electrons. The van der Waals surface area contributed by atoms with Crippen LogP contribution in [-0.4, -0.2) is 84.4 Å². The van der Waals surface area contributed by atoms with Crippen LogP contribution in [0.2, 0.25) is 0 Å². The number of nitrogens with one attached hydrogen (secondary N) is 4. The van der Waals surface area contributed by atoms with Gasteiger partial charge in [0.05, 0.1) is 12.6 Å². The Balaban J connectivity index is 0. The number of ketones is 1. The molecule has 0 aromatic rings. The number of carbonyl (C=O) groups excluding carboxylic acids is 6. The third-order valence-electron chi connectivity index (χ3n) is 5.49. The van der Waals surface area contributed by atoms with E-state index in [0.717, 1.165) is 5.92 Å². The molecule has 1 fully saturated rings. The van der Waals surface area contributed by atoms with E-state index in [9.17, 15) is 28.8 Å². The smallest absolute Gasteiger partial charge is 0.315 e. The molecule has 236 valence electrons. The fourth-order valence-electron chi connectivity index (χ4n) is 3.70. The van der Waals surface area contributed by atoms with Crippen molar-refractivity contribution in [3.63, 3.8) is 0 Å². The van der Waals surface area contributed by atoms with Crippen LogP contribution < -0.4 is 27.0 Å². The van der Waals surface area contributed by atoms with Crippen LogP contribution in [0.4, 0.5) is 4.79 Å². The van der Waals surface area contributed by atoms with Crippen LogP contribution in [0.15, 0.2) is 12.7 Å². The van der Waals surface area contributed by atoms with Gasteiger partial charge in [-0.3, -0.25) is 24.0 Å². The van der Waals surface area contributed by atoms with Gasteiger partial charge in [0.15, 0.2) is 0 Å². The Kier molecular flexibility index (Phi) is 20.3. The molecule has 0 spiro atoms. The lowest BCUT2D eigenvalue weighted by molar-refractivity contribution is -0.143. The second kappa shape index (κ2) is 20.7. The van der Waals surface area contributed by atoms with Crippen LogP contribution in [0.3, 0.4) is 0 Å². The molecule has 6 amide bonds. The summed E-state index contributed by atoms with van der Waals surface area (Å²) in [5, 5.41) is 9.90. The Labute approximate surface area is 250 Å². The number of likely N-dealkylation sites (tertiary alicyclic amines) is 1. The van der Waals surface area contributed by atoms with Crippen LogP contribution in [0.5, 0.6) is 0 Å². The summed E-state index contributed by atoms with van der Waals surface area (Å²) < 4.78 is 0. The van der Waals surface area contributed by atoms with Crippen molar-refractivity contribution in [2.45, 2.75) is 92.3 Å². The average molecular weight is 601 g/mol. The van der Waals surface area contributed by atoms with E-state index < -0.39 is 65.5 Å². The van der Waals surface area contributed by atoms with Gasteiger partial charge >= 0.3 is 6.03 Å². The number of amides is 6. The molecule has 0 saturated carbocycles. The predicted molar refractivity (Wildman–Crippen MR) is 164 cm³/mol. The molecule has 12 nitrogen and oxygen atoms in total. The summed E-state index contributed by atoms with van der Waals surface area (Å²) in [6.45, 7) is 17.1. The molecule has 13 heteroatoms. The molecule has 1 heterocycles. The molecule has 3 atom stereocenters. The molecular formula is C28H52N6O6S. The fraction of sp³-hybridized carbons (Fsp3) is 0.714. The quantitative estimate of drug-likeness (QED) is 0.112. The second-order valence-electron chi connectivity index (χ2n) is 11.2. The van der Waals surface area contributed by atoms with Gasteiger partial charge in [-0.25, -0.2) is 4.79 Å². The number of hydrogen-bond acceptors (Lipinski definition) is 7. The summed E-state index contributed by atoms with van der Waals surface area (Å²) in [5.41, 5.74) is 4.33. The fourth-order valence-corrected chi connectivity index (χ4v) is 3.70. The van der Waals surface area contributed by atoms with Crippen molar-refractivity contribution in [2.24, 2.45) is 17.1 Å². The molecule has 1 aliphatic rings. The molecule has 3 unspecified atom stereocenters. The highest BCUT2D eigenvalue weighted by molar-refractivity contribution is 7.79. The first-order valence-corrected chi connectivity index (χ1v) is 14.8. The molecular weight excluding hydrogens is 548 g/mol. The number of nitrogens with zero attached hydrogens (tertiary/aromatic N) is 1. The van der Waals surface area contributed by atoms with Crippen LogP contribution in [0, 0.1) is 11.3 Å². The number of carbonyl (C=O) groups is 6. The van der Waals surface area contributed by atoms with Crippen molar-refractivity contribution in [1.29, 1.82) is 0 Å². The number of rotatable bonds is 12. The number of nitrogens with two attached hydrogens (primary N) is 1. The van der Waals surface area contributed by atoms with E-state index in [1.54, 1.807) is 27.0 Å². The van der Waals surface area contributed by atoms with Crippen molar-refractivity contribution in [3.8, 4) is 0 Å². The van der Waals surface area contributed by atoms with E-state index >= 15 is 0 Å². The molecule has 0 aromatic heterocycles. The Bertz CT molecular complexity index is 887. The van der Waals surface area contributed by atoms with Gasteiger partial charge in [-0.1, -0.05) is 61.0 Å². The Hall–Kier alpha value is -3.09. The lowest BCUT2D eigenvalue weighted by Crippen LogP contribution is -2.60. The van der Waals surface area contributed by atoms with Crippen LogP contribution in [0.25, 0.3) is 0 Å².